The van der Waals surface area contributed by atoms with Crippen LogP contribution in [0.25, 0.3) is 6.08 Å². The molecule has 34 heavy (non-hydrogen) atoms. The van der Waals surface area contributed by atoms with Crippen molar-refractivity contribution in [2.24, 2.45) is 0 Å². The number of hydrogen-bond donors (Lipinski definition) is 1. The van der Waals surface area contributed by atoms with Gasteiger partial charge in [0.1, 0.15) is 10.1 Å². The predicted octanol–water partition coefficient (Wildman–Crippen LogP) is 5.80. The van der Waals surface area contributed by atoms with Gasteiger partial charge in [0, 0.05) is 17.3 Å². The Morgan fingerprint density at radius 2 is 1.85 bits per heavy atom. The summed E-state index contributed by atoms with van der Waals surface area (Å²) in [5, 5.41) is 3.28. The van der Waals surface area contributed by atoms with Crippen LogP contribution in [0.15, 0.2) is 83.8 Å². The molecule has 8 heteroatoms. The van der Waals surface area contributed by atoms with E-state index in [4.69, 9.17) is 28.6 Å². The highest BCUT2D eigenvalue weighted by molar-refractivity contribution is 8.26. The summed E-state index contributed by atoms with van der Waals surface area (Å²) in [6, 6.07) is 24.1. The molecular formula is C26H21ClN2O3S2. The topological polar surface area (TPSA) is 58.6 Å². The second kappa shape index (κ2) is 11.3. The van der Waals surface area contributed by atoms with Gasteiger partial charge >= 0.3 is 0 Å². The van der Waals surface area contributed by atoms with Gasteiger partial charge in [-0.3, -0.25) is 14.5 Å². The second-order valence-corrected chi connectivity index (χ2v) is 9.60. The van der Waals surface area contributed by atoms with Gasteiger partial charge in [-0.15, -0.1) is 0 Å². The van der Waals surface area contributed by atoms with Crippen molar-refractivity contribution >= 4 is 63.5 Å². The average molecular weight is 509 g/mol. The number of rotatable bonds is 8. The number of anilines is 1. The van der Waals surface area contributed by atoms with Crippen LogP contribution in [0.1, 0.15) is 11.1 Å². The molecule has 0 aliphatic carbocycles. The van der Waals surface area contributed by atoms with Crippen LogP contribution in [0.5, 0.6) is 5.75 Å². The number of carbonyl (C=O) groups excluding carboxylic acids is 2. The number of nitrogens with one attached hydrogen (secondary N) is 1. The zero-order valence-electron chi connectivity index (χ0n) is 18.1. The Morgan fingerprint density at radius 3 is 2.65 bits per heavy atom. The maximum atomic E-state index is 12.9. The summed E-state index contributed by atoms with van der Waals surface area (Å²) in [5.41, 5.74) is 2.55. The molecule has 1 saturated heterocycles. The van der Waals surface area contributed by atoms with Crippen LogP contribution in [0.2, 0.25) is 5.02 Å². The lowest BCUT2D eigenvalue weighted by Crippen LogP contribution is -2.30. The number of benzene rings is 3. The highest BCUT2D eigenvalue weighted by atomic mass is 35.5. The third-order valence-corrected chi connectivity index (χ3v) is 6.59. The molecule has 1 aliphatic heterocycles. The van der Waals surface area contributed by atoms with E-state index in [1.165, 1.54) is 11.8 Å². The van der Waals surface area contributed by atoms with Crippen LogP contribution >= 0.6 is 35.6 Å². The Bertz CT molecular complexity index is 1250. The fourth-order valence-electron chi connectivity index (χ4n) is 3.34. The van der Waals surface area contributed by atoms with Gasteiger partial charge in [0.15, 0.2) is 6.61 Å². The van der Waals surface area contributed by atoms with E-state index < -0.39 is 0 Å². The summed E-state index contributed by atoms with van der Waals surface area (Å²) in [6.07, 6.45) is 2.53. The van der Waals surface area contributed by atoms with E-state index >= 15 is 0 Å². The molecule has 0 saturated carbocycles. The largest absolute Gasteiger partial charge is 0.484 e. The summed E-state index contributed by atoms with van der Waals surface area (Å²) >= 11 is 12.7. The molecule has 0 bridgehead atoms. The molecule has 0 radical (unpaired) electrons. The van der Waals surface area contributed by atoms with Gasteiger partial charge in [-0.05, 0) is 54.0 Å². The van der Waals surface area contributed by atoms with Crippen LogP contribution in [-0.4, -0.2) is 34.2 Å². The summed E-state index contributed by atoms with van der Waals surface area (Å²) in [7, 11) is 0. The van der Waals surface area contributed by atoms with E-state index in [2.05, 4.69) is 5.32 Å². The van der Waals surface area contributed by atoms with Gasteiger partial charge in [-0.1, -0.05) is 84.1 Å². The SMILES string of the molecule is O=C(COc1cccc(/C=C2\SC(=S)N(CCc3ccccc3)C2=O)c1)Nc1cccc(Cl)c1. The van der Waals surface area contributed by atoms with Crippen molar-refractivity contribution in [2.75, 3.05) is 18.5 Å². The number of halogens is 1. The van der Waals surface area contributed by atoms with Gasteiger partial charge in [0.05, 0.1) is 4.91 Å². The summed E-state index contributed by atoms with van der Waals surface area (Å²) < 4.78 is 6.18. The average Bonchev–Trinajstić information content (AvgIpc) is 3.09. The summed E-state index contributed by atoms with van der Waals surface area (Å²) in [6.45, 7) is 0.383. The maximum absolute atomic E-state index is 12.9. The molecule has 0 unspecified atom stereocenters. The predicted molar refractivity (Wildman–Crippen MR) is 142 cm³/mol. The Hall–Kier alpha value is -3.13. The standard InChI is InChI=1S/C26H21ClN2O3S2/c27-20-9-5-10-21(16-20)28-24(30)17-32-22-11-4-8-19(14-22)15-23-25(31)29(26(33)34-23)13-12-18-6-2-1-3-7-18/h1-11,14-16H,12-13,17H2,(H,28,30)/b23-15-. The van der Waals surface area contributed by atoms with E-state index in [0.29, 0.717) is 32.2 Å². The van der Waals surface area contributed by atoms with Gasteiger partial charge in [0.25, 0.3) is 11.8 Å². The zero-order chi connectivity index (χ0) is 23.9. The van der Waals surface area contributed by atoms with Gasteiger partial charge in [0.2, 0.25) is 0 Å². The fourth-order valence-corrected chi connectivity index (χ4v) is 4.83. The van der Waals surface area contributed by atoms with Gasteiger partial charge in [-0.2, -0.15) is 0 Å². The van der Waals surface area contributed by atoms with Crippen LogP contribution in [-0.2, 0) is 16.0 Å². The van der Waals surface area contributed by atoms with E-state index in [9.17, 15) is 9.59 Å². The Labute approximate surface area is 212 Å². The Kier molecular flexibility index (Phi) is 8.00. The minimum absolute atomic E-state index is 0.0989. The lowest BCUT2D eigenvalue weighted by molar-refractivity contribution is -0.122. The highest BCUT2D eigenvalue weighted by Gasteiger charge is 2.31. The molecule has 3 aromatic carbocycles. The monoisotopic (exact) mass is 508 g/mol. The molecule has 1 heterocycles. The minimum atomic E-state index is -0.299. The van der Waals surface area contributed by atoms with Crippen molar-refractivity contribution in [1.29, 1.82) is 0 Å². The molecular weight excluding hydrogens is 488 g/mol. The number of carbonyl (C=O) groups is 2. The van der Waals surface area contributed by atoms with Crippen LogP contribution in [0.4, 0.5) is 5.69 Å². The number of thioether (sulfide) groups is 1. The quantitative estimate of drug-likeness (QED) is 0.308. The van der Waals surface area contributed by atoms with Gasteiger partial charge < -0.3 is 10.1 Å². The summed E-state index contributed by atoms with van der Waals surface area (Å²) in [4.78, 5) is 27.3. The second-order valence-electron chi connectivity index (χ2n) is 7.49. The first-order chi connectivity index (χ1) is 16.5. The smallest absolute Gasteiger partial charge is 0.266 e. The lowest BCUT2D eigenvalue weighted by Gasteiger charge is -2.14. The van der Waals surface area contributed by atoms with Crippen LogP contribution < -0.4 is 10.1 Å². The maximum Gasteiger partial charge on any atom is 0.266 e. The van der Waals surface area contributed by atoms with Crippen molar-refractivity contribution in [3.63, 3.8) is 0 Å². The van der Waals surface area contributed by atoms with E-state index in [0.717, 1.165) is 17.5 Å². The first-order valence-corrected chi connectivity index (χ1v) is 12.2. The van der Waals surface area contributed by atoms with E-state index in [1.54, 1.807) is 47.4 Å². The number of nitrogens with zero attached hydrogens (tertiary/aromatic N) is 1. The first-order valence-electron chi connectivity index (χ1n) is 10.6. The number of thiocarbonyl (C=S) groups is 1. The Morgan fingerprint density at radius 1 is 1.06 bits per heavy atom. The van der Waals surface area contributed by atoms with Gasteiger partial charge in [-0.25, -0.2) is 0 Å². The molecule has 1 aliphatic rings. The van der Waals surface area contributed by atoms with Crippen molar-refractivity contribution in [3.05, 3.63) is 99.9 Å². The molecule has 4 rings (SSSR count). The molecule has 3 aromatic rings. The third-order valence-electron chi connectivity index (χ3n) is 4.97. The summed E-state index contributed by atoms with van der Waals surface area (Å²) in [5.74, 6) is 0.125. The number of amides is 2. The van der Waals surface area contributed by atoms with Crippen molar-refractivity contribution in [3.8, 4) is 5.75 Å². The molecule has 2 amide bonds. The van der Waals surface area contributed by atoms with Crippen molar-refractivity contribution in [2.45, 2.75) is 6.42 Å². The first kappa shape index (κ1) is 24.0. The van der Waals surface area contributed by atoms with E-state index in [1.807, 2.05) is 42.5 Å². The lowest BCUT2D eigenvalue weighted by atomic mass is 10.1. The third kappa shape index (κ3) is 6.47. The molecule has 1 N–H and O–H groups in total. The molecule has 0 atom stereocenters. The number of hydrogen-bond acceptors (Lipinski definition) is 5. The highest BCUT2D eigenvalue weighted by Crippen LogP contribution is 2.33. The number of ether oxygens (including phenoxy) is 1. The molecule has 5 nitrogen and oxygen atoms in total. The normalized spacial score (nSPS) is 14.5. The minimum Gasteiger partial charge on any atom is -0.484 e. The zero-order valence-corrected chi connectivity index (χ0v) is 20.5. The molecule has 0 spiro atoms. The molecule has 0 aromatic heterocycles. The van der Waals surface area contributed by atoms with E-state index in [-0.39, 0.29) is 18.4 Å². The van der Waals surface area contributed by atoms with Crippen LogP contribution in [0, 0.1) is 0 Å². The Balaban J connectivity index is 1.35. The van der Waals surface area contributed by atoms with Crippen molar-refractivity contribution < 1.29 is 14.3 Å². The fraction of sp³-hybridized carbons (Fsp3) is 0.115. The van der Waals surface area contributed by atoms with Crippen LogP contribution in [0.3, 0.4) is 0 Å². The molecule has 1 fully saturated rings. The van der Waals surface area contributed by atoms with Crippen molar-refractivity contribution in [1.82, 2.24) is 4.90 Å². The molecule has 172 valence electrons.